The summed E-state index contributed by atoms with van der Waals surface area (Å²) in [7, 11) is -4.03. The molecule has 0 heterocycles. The number of rotatable bonds is 16. The summed E-state index contributed by atoms with van der Waals surface area (Å²) in [5, 5.41) is 28.0. The predicted molar refractivity (Wildman–Crippen MR) is 202 cm³/mol. The number of carbonyl (C=O) groups excluding carboxylic acids is 4. The number of carboxylic acids is 2. The second-order valence-electron chi connectivity index (χ2n) is 14.1. The van der Waals surface area contributed by atoms with Gasteiger partial charge in [0.25, 0.3) is 11.8 Å². The molecule has 2 aliphatic rings. The molecule has 0 unspecified atom stereocenters. The van der Waals surface area contributed by atoms with E-state index in [1.807, 2.05) is 12.1 Å². The molecule has 12 nitrogen and oxygen atoms in total. The summed E-state index contributed by atoms with van der Waals surface area (Å²) in [5.41, 5.74) is 3.07. The van der Waals surface area contributed by atoms with Crippen molar-refractivity contribution in [1.82, 2.24) is 4.31 Å². The minimum absolute atomic E-state index is 0. The molecule has 0 atom stereocenters. The molecule has 4 aromatic rings. The number of nitrogens with zero attached hydrogens (tertiary/aromatic N) is 1. The van der Waals surface area contributed by atoms with E-state index in [9.17, 15) is 37.8 Å². The first-order valence-electron chi connectivity index (χ1n) is 18.5. The molecule has 4 aromatic carbocycles. The second kappa shape index (κ2) is 21.8. The Labute approximate surface area is 418 Å². The van der Waals surface area contributed by atoms with Crippen LogP contribution in [0.25, 0.3) is 0 Å². The Hall–Kier alpha value is -2.26. The van der Waals surface area contributed by atoms with Gasteiger partial charge in [0, 0.05) is 29.8 Å². The number of anilines is 2. The van der Waals surface area contributed by atoms with Gasteiger partial charge in [-0.05, 0) is 128 Å². The standard InChI is InChI=1S/C42H45N3O9S.2K/c1-2-45(34-20-16-31(17-21-34)42(50)51)55(52,53)36-5-3-4-32(24-36)39(46)44-38-23-22-35(54-26-29-8-9-29)25-37(38)40(47)43-33-18-12-28(13-19-33)7-6-27-10-14-30(15-11-27)41(48)49;;/h3-5,10-15,18-19,22-25,29,31,34H,2,6-9,16-17,20-21,26H2,1H3,(H,43,47)(H,44,46)(H,48,49)(H,50,51);;/q;2*+1/p-2. The van der Waals surface area contributed by atoms with Crippen LogP contribution >= 0.6 is 0 Å². The Kier molecular flexibility index (Phi) is 18.2. The number of aryl methyl sites for hydroxylation is 2. The molecule has 0 radical (unpaired) electrons. The van der Waals surface area contributed by atoms with Crippen molar-refractivity contribution in [3.63, 3.8) is 0 Å². The summed E-state index contributed by atoms with van der Waals surface area (Å²) in [6.07, 6.45) is 5.01. The summed E-state index contributed by atoms with van der Waals surface area (Å²) in [6, 6.07) is 24.1. The van der Waals surface area contributed by atoms with Gasteiger partial charge >= 0.3 is 103 Å². The molecular weight excluding hydrogens is 801 g/mol. The SMILES string of the molecule is CCN(C1CCC(C(=O)[O-])CC1)S(=O)(=O)c1cccc(C(=O)Nc2ccc(OCC3CC3)cc2C(=O)Nc2ccc(CCc3ccc(C(=O)[O-])cc3)cc2)c1.[K+].[K+]. The Morgan fingerprint density at radius 1 is 0.737 bits per heavy atom. The Bertz CT molecular complexity index is 2150. The fourth-order valence-electron chi connectivity index (χ4n) is 6.81. The van der Waals surface area contributed by atoms with E-state index in [0.717, 1.165) is 24.0 Å². The summed E-state index contributed by atoms with van der Waals surface area (Å²) >= 11 is 0. The maximum atomic E-state index is 13.8. The van der Waals surface area contributed by atoms with E-state index in [-0.39, 0.29) is 143 Å². The molecule has 0 aromatic heterocycles. The van der Waals surface area contributed by atoms with Crippen LogP contribution in [0.15, 0.2) is 95.9 Å². The molecular formula is C42H43K2N3O9S. The van der Waals surface area contributed by atoms with E-state index >= 15 is 0 Å². The number of hydrogen-bond donors (Lipinski definition) is 2. The molecule has 0 saturated heterocycles. The monoisotopic (exact) mass is 843 g/mol. The Morgan fingerprint density at radius 2 is 1.37 bits per heavy atom. The van der Waals surface area contributed by atoms with Crippen LogP contribution in [-0.2, 0) is 27.7 Å². The summed E-state index contributed by atoms with van der Waals surface area (Å²) in [6.45, 7) is 2.42. The summed E-state index contributed by atoms with van der Waals surface area (Å²) in [5.74, 6) is -3.09. The normalized spacial score (nSPS) is 16.4. The summed E-state index contributed by atoms with van der Waals surface area (Å²) < 4.78 is 34.9. The van der Waals surface area contributed by atoms with Crippen molar-refractivity contribution in [2.45, 2.75) is 69.2 Å². The third-order valence-corrected chi connectivity index (χ3v) is 12.2. The first-order chi connectivity index (χ1) is 26.4. The molecule has 288 valence electrons. The van der Waals surface area contributed by atoms with Gasteiger partial charge in [-0.3, -0.25) is 9.59 Å². The van der Waals surface area contributed by atoms with Crippen molar-refractivity contribution >= 4 is 45.2 Å². The van der Waals surface area contributed by atoms with E-state index in [4.69, 9.17) is 4.74 Å². The molecule has 2 fully saturated rings. The van der Waals surface area contributed by atoms with Gasteiger partial charge < -0.3 is 35.2 Å². The Morgan fingerprint density at radius 3 is 1.95 bits per heavy atom. The van der Waals surface area contributed by atoms with Crippen molar-refractivity contribution in [2.24, 2.45) is 11.8 Å². The van der Waals surface area contributed by atoms with E-state index < -0.39 is 39.7 Å². The number of aliphatic carboxylic acids is 1. The van der Waals surface area contributed by atoms with Gasteiger partial charge in [0.15, 0.2) is 0 Å². The average Bonchev–Trinajstić information content (AvgIpc) is 4.02. The van der Waals surface area contributed by atoms with Gasteiger partial charge in [0.05, 0.1) is 28.7 Å². The first-order valence-corrected chi connectivity index (χ1v) is 20.0. The quantitative estimate of drug-likeness (QED) is 0.126. The smallest absolute Gasteiger partial charge is 0.550 e. The van der Waals surface area contributed by atoms with E-state index in [1.54, 1.807) is 49.4 Å². The van der Waals surface area contributed by atoms with Gasteiger partial charge in [-0.2, -0.15) is 4.31 Å². The molecule has 0 bridgehead atoms. The number of sulfonamides is 1. The van der Waals surface area contributed by atoms with Crippen LogP contribution in [0, 0.1) is 11.8 Å². The van der Waals surface area contributed by atoms with Crippen LogP contribution in [0.2, 0.25) is 0 Å². The van der Waals surface area contributed by atoms with Gasteiger partial charge in [-0.25, -0.2) is 8.42 Å². The Balaban J connectivity index is 0.00000360. The number of hydrogen-bond acceptors (Lipinski definition) is 9. The number of ether oxygens (including phenoxy) is 1. The van der Waals surface area contributed by atoms with Gasteiger partial charge in [-0.1, -0.05) is 49.4 Å². The van der Waals surface area contributed by atoms with Crippen LogP contribution in [0.1, 0.15) is 87.6 Å². The van der Waals surface area contributed by atoms with E-state index in [1.165, 1.54) is 40.7 Å². The van der Waals surface area contributed by atoms with Gasteiger partial charge in [0.1, 0.15) is 5.75 Å². The third-order valence-electron chi connectivity index (χ3n) is 10.2. The minimum atomic E-state index is -4.03. The molecule has 0 aliphatic heterocycles. The molecule has 6 rings (SSSR count). The fourth-order valence-corrected chi connectivity index (χ4v) is 8.55. The average molecular weight is 844 g/mol. The maximum absolute atomic E-state index is 13.8. The van der Waals surface area contributed by atoms with E-state index in [0.29, 0.717) is 62.5 Å². The molecule has 2 amide bonds. The fraction of sp³-hybridized carbons (Fsp3) is 0.333. The van der Waals surface area contributed by atoms with E-state index in [2.05, 4.69) is 10.6 Å². The molecule has 2 saturated carbocycles. The maximum Gasteiger partial charge on any atom is 1.00 e. The third kappa shape index (κ3) is 12.9. The number of carboxylic acid groups (broad SMARTS) is 2. The number of carbonyl (C=O) groups is 4. The molecule has 15 heteroatoms. The van der Waals surface area contributed by atoms with Crippen molar-refractivity contribution in [1.29, 1.82) is 0 Å². The predicted octanol–water partition coefficient (Wildman–Crippen LogP) is -1.54. The number of nitrogens with one attached hydrogen (secondary N) is 2. The zero-order valence-electron chi connectivity index (χ0n) is 32.5. The number of amides is 2. The zero-order chi connectivity index (χ0) is 39.1. The molecule has 0 spiro atoms. The largest absolute Gasteiger partial charge is 1.00 e. The zero-order valence-corrected chi connectivity index (χ0v) is 39.6. The van der Waals surface area contributed by atoms with Crippen LogP contribution in [0.3, 0.4) is 0 Å². The molecule has 57 heavy (non-hydrogen) atoms. The number of benzene rings is 4. The first kappa shape index (κ1) is 47.4. The second-order valence-corrected chi connectivity index (χ2v) is 16.0. The van der Waals surface area contributed by atoms with Crippen molar-refractivity contribution < 1.29 is 145 Å². The van der Waals surface area contributed by atoms with Crippen molar-refractivity contribution in [3.8, 4) is 5.75 Å². The van der Waals surface area contributed by atoms with Crippen molar-refractivity contribution in [2.75, 3.05) is 23.8 Å². The van der Waals surface area contributed by atoms with Crippen LogP contribution in [0.5, 0.6) is 5.75 Å². The van der Waals surface area contributed by atoms with Crippen LogP contribution in [0.4, 0.5) is 11.4 Å². The number of aromatic carboxylic acids is 1. The molecule has 2 aliphatic carbocycles. The topological polar surface area (TPSA) is 185 Å². The molecule has 2 N–H and O–H groups in total. The van der Waals surface area contributed by atoms with Crippen LogP contribution < -0.4 is 128 Å². The van der Waals surface area contributed by atoms with Crippen molar-refractivity contribution in [3.05, 3.63) is 119 Å². The minimum Gasteiger partial charge on any atom is -0.550 e. The van der Waals surface area contributed by atoms with Gasteiger partial charge in [-0.15, -0.1) is 0 Å². The van der Waals surface area contributed by atoms with Gasteiger partial charge in [0.2, 0.25) is 10.0 Å². The summed E-state index contributed by atoms with van der Waals surface area (Å²) in [4.78, 5) is 49.7. The van der Waals surface area contributed by atoms with Crippen LogP contribution in [-0.4, -0.2) is 55.7 Å².